The molecule has 0 aliphatic rings. The van der Waals surface area contributed by atoms with Crippen LogP contribution in [-0.2, 0) is 0 Å². The predicted octanol–water partition coefficient (Wildman–Crippen LogP) is 16.9. The maximum Gasteiger partial charge on any atom is 0.144 e. The van der Waals surface area contributed by atoms with Gasteiger partial charge in [0, 0.05) is 78.6 Å². The summed E-state index contributed by atoms with van der Waals surface area (Å²) in [6, 6.07) is 81.1. The third kappa shape index (κ3) is 5.92. The van der Waals surface area contributed by atoms with Crippen molar-refractivity contribution in [3.63, 3.8) is 0 Å². The molecule has 0 saturated heterocycles. The van der Waals surface area contributed by atoms with Crippen LogP contribution >= 0.6 is 0 Å². The van der Waals surface area contributed by atoms with E-state index >= 15 is 0 Å². The number of furan rings is 2. The summed E-state index contributed by atoms with van der Waals surface area (Å²) < 4.78 is 14.4. The molecule has 0 saturated carbocycles. The number of hydrogen-bond donors (Lipinski definition) is 0. The quantitative estimate of drug-likeness (QED) is 0.153. The number of para-hydroxylation sites is 4. The number of anilines is 6. The first kappa shape index (κ1) is 35.6. The highest BCUT2D eigenvalue weighted by molar-refractivity contribution is 6.31. The van der Waals surface area contributed by atoms with Crippen molar-refractivity contribution in [1.82, 2.24) is 0 Å². The van der Waals surface area contributed by atoms with E-state index in [0.717, 1.165) is 111 Å². The summed E-state index contributed by atoms with van der Waals surface area (Å²) in [6.07, 6.45) is 0. The van der Waals surface area contributed by atoms with Crippen molar-refractivity contribution in [1.29, 1.82) is 0 Å². The second-order valence-electron chi connectivity index (χ2n) is 15.7. The van der Waals surface area contributed by atoms with Crippen LogP contribution in [0.3, 0.4) is 0 Å². The number of nitrogens with zero attached hydrogens (tertiary/aromatic N) is 2. The van der Waals surface area contributed by atoms with Crippen LogP contribution in [0.5, 0.6) is 0 Å². The van der Waals surface area contributed by atoms with Crippen molar-refractivity contribution in [3.8, 4) is 22.3 Å². The van der Waals surface area contributed by atoms with Gasteiger partial charge in [-0.3, -0.25) is 0 Å². The van der Waals surface area contributed by atoms with Crippen LogP contribution < -0.4 is 9.80 Å². The van der Waals surface area contributed by atoms with Crippen molar-refractivity contribution in [2.45, 2.75) is 0 Å². The Hall–Kier alpha value is -8.34. The molecular formula is C58H38N2O2. The highest BCUT2D eigenvalue weighted by atomic mass is 16.3. The van der Waals surface area contributed by atoms with Crippen LogP contribution in [0, 0.1) is 0 Å². The number of rotatable bonds is 8. The summed E-state index contributed by atoms with van der Waals surface area (Å²) in [7, 11) is 0. The van der Waals surface area contributed by atoms with Gasteiger partial charge < -0.3 is 18.6 Å². The first-order chi connectivity index (χ1) is 30.8. The molecule has 12 aromatic rings. The fourth-order valence-corrected chi connectivity index (χ4v) is 9.21. The summed E-state index contributed by atoms with van der Waals surface area (Å²) in [4.78, 5) is 4.55. The molecule has 0 fully saturated rings. The maximum atomic E-state index is 7.18. The Morgan fingerprint density at radius 1 is 0.258 bits per heavy atom. The molecule has 0 aliphatic heterocycles. The van der Waals surface area contributed by atoms with Crippen molar-refractivity contribution in [3.05, 3.63) is 231 Å². The summed E-state index contributed by atoms with van der Waals surface area (Å²) in [5.41, 5.74) is 14.0. The van der Waals surface area contributed by atoms with E-state index < -0.39 is 0 Å². The smallest absolute Gasteiger partial charge is 0.144 e. The van der Waals surface area contributed by atoms with E-state index in [1.165, 1.54) is 0 Å². The molecule has 0 aliphatic carbocycles. The van der Waals surface area contributed by atoms with Crippen LogP contribution in [-0.4, -0.2) is 0 Å². The molecular weight excluding hydrogens is 757 g/mol. The fraction of sp³-hybridized carbons (Fsp3) is 0. The fourth-order valence-electron chi connectivity index (χ4n) is 9.21. The van der Waals surface area contributed by atoms with E-state index in [2.05, 4.69) is 240 Å². The van der Waals surface area contributed by atoms with Gasteiger partial charge in [0.05, 0.1) is 0 Å². The highest BCUT2D eigenvalue weighted by Gasteiger charge is 2.25. The van der Waals surface area contributed by atoms with Crippen molar-refractivity contribution in [2.75, 3.05) is 9.80 Å². The zero-order chi connectivity index (χ0) is 41.0. The zero-order valence-corrected chi connectivity index (χ0v) is 33.7. The number of benzene rings is 10. The van der Waals surface area contributed by atoms with E-state index in [0.29, 0.717) is 0 Å². The largest absolute Gasteiger partial charge is 0.455 e. The molecule has 4 nitrogen and oxygen atoms in total. The molecule has 0 bridgehead atoms. The molecule has 0 amide bonds. The van der Waals surface area contributed by atoms with Crippen molar-refractivity contribution < 1.29 is 8.83 Å². The van der Waals surface area contributed by atoms with Crippen LogP contribution in [0.4, 0.5) is 34.1 Å². The monoisotopic (exact) mass is 794 g/mol. The standard InChI is InChI=1S/C58H38N2O2/c1-7-19-39(20-8-1)49-37-51-47-33-31-45(59(41-23-11-3-12-24-41)42-25-13-4-14-26-42)35-53(47)62-58(51)56-50(40-21-9-2-10-22-40)38-52-48-34-32-46(36-54(48)61-57(52)55(49)56)60(43-27-15-5-16-28-43)44-29-17-6-18-30-44/h1-38H. The van der Waals surface area contributed by atoms with Crippen molar-refractivity contribution >= 4 is 88.8 Å². The molecule has 62 heavy (non-hydrogen) atoms. The van der Waals surface area contributed by atoms with Gasteiger partial charge in [-0.15, -0.1) is 0 Å². The Kier molecular flexibility index (Phi) is 8.46. The molecule has 2 aromatic heterocycles. The van der Waals surface area contributed by atoms with Crippen LogP contribution in [0.15, 0.2) is 239 Å². The lowest BCUT2D eigenvalue weighted by atomic mass is 9.89. The van der Waals surface area contributed by atoms with Crippen LogP contribution in [0.2, 0.25) is 0 Å². The molecule has 0 spiro atoms. The molecule has 0 unspecified atom stereocenters. The molecule has 0 radical (unpaired) electrons. The Balaban J connectivity index is 1.15. The van der Waals surface area contributed by atoms with Gasteiger partial charge in [0.25, 0.3) is 0 Å². The van der Waals surface area contributed by atoms with Crippen molar-refractivity contribution in [2.24, 2.45) is 0 Å². The third-order valence-corrected chi connectivity index (χ3v) is 12.0. The Morgan fingerprint density at radius 3 is 0.887 bits per heavy atom. The number of hydrogen-bond acceptors (Lipinski definition) is 4. The molecule has 4 heteroatoms. The molecule has 12 rings (SSSR count). The Bertz CT molecular complexity index is 3230. The summed E-state index contributed by atoms with van der Waals surface area (Å²) in [5, 5.41) is 6.27. The molecule has 0 N–H and O–H groups in total. The van der Waals surface area contributed by atoms with Gasteiger partial charge in [-0.05, 0) is 107 Å². The van der Waals surface area contributed by atoms with E-state index in [-0.39, 0.29) is 0 Å². The van der Waals surface area contributed by atoms with Gasteiger partial charge >= 0.3 is 0 Å². The van der Waals surface area contributed by atoms with E-state index in [1.54, 1.807) is 0 Å². The van der Waals surface area contributed by atoms with E-state index in [9.17, 15) is 0 Å². The Morgan fingerprint density at radius 2 is 0.565 bits per heavy atom. The molecule has 2 heterocycles. The summed E-state index contributed by atoms with van der Waals surface area (Å²) >= 11 is 0. The minimum absolute atomic E-state index is 0.816. The van der Waals surface area contributed by atoms with E-state index in [1.807, 2.05) is 0 Å². The van der Waals surface area contributed by atoms with Gasteiger partial charge in [0.2, 0.25) is 0 Å². The lowest BCUT2D eigenvalue weighted by Crippen LogP contribution is -2.09. The molecule has 10 aromatic carbocycles. The van der Waals surface area contributed by atoms with E-state index in [4.69, 9.17) is 8.83 Å². The minimum atomic E-state index is 0.816. The SMILES string of the molecule is c1ccc(-c2cc3c4ccc(N(c5ccccc5)c5ccccc5)cc4oc3c3c(-c4ccccc4)cc4c5ccc(N(c6ccccc6)c6ccccc6)cc5oc4c23)cc1. The Labute approximate surface area is 358 Å². The van der Waals surface area contributed by atoms with Gasteiger partial charge in [-0.25, -0.2) is 0 Å². The average Bonchev–Trinajstić information content (AvgIpc) is 3.90. The third-order valence-electron chi connectivity index (χ3n) is 12.0. The second-order valence-corrected chi connectivity index (χ2v) is 15.7. The molecule has 292 valence electrons. The lowest BCUT2D eigenvalue weighted by molar-refractivity contribution is 0.669. The zero-order valence-electron chi connectivity index (χ0n) is 33.7. The lowest BCUT2D eigenvalue weighted by Gasteiger charge is -2.25. The average molecular weight is 795 g/mol. The number of fused-ring (bicyclic) bond motifs is 9. The normalized spacial score (nSPS) is 11.5. The molecule has 0 atom stereocenters. The highest BCUT2D eigenvalue weighted by Crippen LogP contribution is 2.50. The van der Waals surface area contributed by atoms with Crippen LogP contribution in [0.1, 0.15) is 0 Å². The topological polar surface area (TPSA) is 32.8 Å². The maximum absolute atomic E-state index is 7.18. The predicted molar refractivity (Wildman–Crippen MR) is 259 cm³/mol. The summed E-state index contributed by atoms with van der Waals surface area (Å²) in [6.45, 7) is 0. The summed E-state index contributed by atoms with van der Waals surface area (Å²) in [5.74, 6) is 0. The first-order valence-electron chi connectivity index (χ1n) is 21.0. The van der Waals surface area contributed by atoms with Gasteiger partial charge in [0.15, 0.2) is 0 Å². The minimum Gasteiger partial charge on any atom is -0.455 e. The van der Waals surface area contributed by atoms with Gasteiger partial charge in [-0.2, -0.15) is 0 Å². The van der Waals surface area contributed by atoms with Gasteiger partial charge in [-0.1, -0.05) is 133 Å². The second kappa shape index (κ2) is 14.7. The first-order valence-corrected chi connectivity index (χ1v) is 21.0. The van der Waals surface area contributed by atoms with Gasteiger partial charge in [0.1, 0.15) is 22.3 Å². The van der Waals surface area contributed by atoms with Crippen LogP contribution in [0.25, 0.3) is 76.9 Å².